The lowest BCUT2D eigenvalue weighted by Gasteiger charge is -2.26. The Balaban J connectivity index is 1.95. The van der Waals surface area contributed by atoms with Gasteiger partial charge in [0.15, 0.2) is 11.5 Å². The third-order valence-corrected chi connectivity index (χ3v) is 5.38. The number of halogens is 2. The smallest absolute Gasteiger partial charge is 0.266 e. The van der Waals surface area contributed by atoms with Crippen molar-refractivity contribution in [3.05, 3.63) is 71.6 Å². The van der Waals surface area contributed by atoms with Crippen LogP contribution >= 0.6 is 0 Å². The summed E-state index contributed by atoms with van der Waals surface area (Å²) >= 11 is 0. The number of alkyl halides is 1. The molecule has 0 radical (unpaired) electrons. The van der Waals surface area contributed by atoms with Crippen molar-refractivity contribution in [2.24, 2.45) is 10.7 Å². The average Bonchev–Trinajstić information content (AvgIpc) is 3.22. The van der Waals surface area contributed by atoms with Crippen molar-refractivity contribution in [3.63, 3.8) is 0 Å². The Morgan fingerprint density at radius 1 is 1.23 bits per heavy atom. The summed E-state index contributed by atoms with van der Waals surface area (Å²) in [6.07, 6.45) is 2.88. The zero-order chi connectivity index (χ0) is 21.5. The SMILES string of the molecule is Cc1c(C2(c3cccc(-c4cccnc4F)c3)N=C(N)N(C)C2=O)cnn1CCF. The summed E-state index contributed by atoms with van der Waals surface area (Å²) in [6, 6.07) is 10.1. The number of aliphatic imine (C=N–C) groups is 1. The van der Waals surface area contributed by atoms with Crippen molar-refractivity contribution in [1.82, 2.24) is 19.7 Å². The molecule has 30 heavy (non-hydrogen) atoms. The lowest BCUT2D eigenvalue weighted by atomic mass is 9.82. The second-order valence-electron chi connectivity index (χ2n) is 7.02. The predicted octanol–water partition coefficient (Wildman–Crippen LogP) is 2.39. The highest BCUT2D eigenvalue weighted by Gasteiger charge is 2.51. The Hall–Kier alpha value is -3.62. The van der Waals surface area contributed by atoms with Crippen molar-refractivity contribution in [3.8, 4) is 11.1 Å². The minimum Gasteiger partial charge on any atom is -0.369 e. The van der Waals surface area contributed by atoms with Gasteiger partial charge in [-0.05, 0) is 36.2 Å². The number of carbonyl (C=O) groups is 1. The lowest BCUT2D eigenvalue weighted by molar-refractivity contribution is -0.129. The number of amides is 1. The van der Waals surface area contributed by atoms with Gasteiger partial charge in [-0.25, -0.2) is 14.4 Å². The first-order valence-electron chi connectivity index (χ1n) is 9.34. The lowest BCUT2D eigenvalue weighted by Crippen LogP contribution is -2.41. The quantitative estimate of drug-likeness (QED) is 0.654. The molecule has 1 aliphatic heterocycles. The van der Waals surface area contributed by atoms with Gasteiger partial charge in [-0.15, -0.1) is 0 Å². The van der Waals surface area contributed by atoms with Crippen LogP contribution in [-0.4, -0.2) is 45.3 Å². The van der Waals surface area contributed by atoms with E-state index in [1.54, 1.807) is 43.3 Å². The van der Waals surface area contributed by atoms with E-state index in [2.05, 4.69) is 15.1 Å². The Labute approximate surface area is 171 Å². The van der Waals surface area contributed by atoms with Gasteiger partial charge in [0.1, 0.15) is 6.67 Å². The molecule has 154 valence electrons. The van der Waals surface area contributed by atoms with E-state index < -0.39 is 18.2 Å². The highest BCUT2D eigenvalue weighted by atomic mass is 19.1. The molecule has 0 aliphatic carbocycles. The number of likely N-dealkylation sites (N-methyl/N-ethyl adjacent to an activating group) is 1. The first-order chi connectivity index (χ1) is 14.4. The summed E-state index contributed by atoms with van der Waals surface area (Å²) in [6.45, 7) is 1.22. The molecule has 1 amide bonds. The van der Waals surface area contributed by atoms with Gasteiger partial charge in [0.05, 0.1) is 12.7 Å². The molecule has 2 aromatic heterocycles. The Kier molecular flexibility index (Phi) is 4.81. The van der Waals surface area contributed by atoms with E-state index in [-0.39, 0.29) is 18.4 Å². The first-order valence-corrected chi connectivity index (χ1v) is 9.34. The van der Waals surface area contributed by atoms with E-state index in [4.69, 9.17) is 5.73 Å². The van der Waals surface area contributed by atoms with Gasteiger partial charge in [-0.1, -0.05) is 18.2 Å². The Bertz CT molecular complexity index is 1160. The summed E-state index contributed by atoms with van der Waals surface area (Å²) in [5.74, 6) is -0.934. The second kappa shape index (κ2) is 7.33. The van der Waals surface area contributed by atoms with Crippen molar-refractivity contribution in [2.45, 2.75) is 19.0 Å². The number of rotatable bonds is 5. The number of benzene rings is 1. The van der Waals surface area contributed by atoms with Gasteiger partial charge < -0.3 is 5.73 Å². The zero-order valence-electron chi connectivity index (χ0n) is 16.5. The minimum atomic E-state index is -1.49. The largest absolute Gasteiger partial charge is 0.369 e. The van der Waals surface area contributed by atoms with Crippen LogP contribution in [0.1, 0.15) is 16.8 Å². The molecule has 1 aromatic carbocycles. The fraction of sp³-hybridized carbons (Fsp3) is 0.238. The van der Waals surface area contributed by atoms with E-state index in [0.717, 1.165) is 0 Å². The summed E-state index contributed by atoms with van der Waals surface area (Å²) in [5, 5.41) is 4.23. The van der Waals surface area contributed by atoms with Crippen LogP contribution in [0.5, 0.6) is 0 Å². The van der Waals surface area contributed by atoms with Crippen molar-refractivity contribution >= 4 is 11.9 Å². The number of nitrogens with two attached hydrogens (primary N) is 1. The standard InChI is InChI=1S/C21H20F2N6O/c1-13-17(12-26-29(13)10-8-22)21(19(30)28(2)20(24)27-21)15-6-3-5-14(11-15)16-7-4-9-25-18(16)23/h3-7,9,11-12H,8,10H2,1-2H3,(H2,24,27). The molecular formula is C21H20F2N6O. The van der Waals surface area contributed by atoms with E-state index >= 15 is 0 Å². The van der Waals surface area contributed by atoms with Crippen molar-refractivity contribution < 1.29 is 13.6 Å². The molecule has 4 rings (SSSR count). The monoisotopic (exact) mass is 410 g/mol. The van der Waals surface area contributed by atoms with Crippen LogP contribution in [0.4, 0.5) is 8.78 Å². The number of aryl methyl sites for hydroxylation is 1. The number of guanidine groups is 1. The molecule has 3 aromatic rings. The maximum absolute atomic E-state index is 14.3. The number of aromatic nitrogens is 3. The van der Waals surface area contributed by atoms with Crippen LogP contribution in [0.3, 0.4) is 0 Å². The van der Waals surface area contributed by atoms with Crippen LogP contribution in [0, 0.1) is 12.9 Å². The average molecular weight is 410 g/mol. The first kappa shape index (κ1) is 19.7. The third-order valence-electron chi connectivity index (χ3n) is 5.38. The molecule has 1 aliphatic rings. The molecule has 1 atom stereocenters. The maximum atomic E-state index is 14.3. The zero-order valence-corrected chi connectivity index (χ0v) is 16.5. The van der Waals surface area contributed by atoms with Gasteiger partial charge >= 0.3 is 0 Å². The normalized spacial score (nSPS) is 18.7. The molecule has 0 spiro atoms. The van der Waals surface area contributed by atoms with Gasteiger partial charge in [-0.2, -0.15) is 9.49 Å². The van der Waals surface area contributed by atoms with Crippen LogP contribution in [0.15, 0.2) is 53.8 Å². The van der Waals surface area contributed by atoms with Crippen LogP contribution < -0.4 is 5.73 Å². The highest BCUT2D eigenvalue weighted by Crippen LogP contribution is 2.41. The van der Waals surface area contributed by atoms with E-state index in [0.29, 0.717) is 27.9 Å². The summed E-state index contributed by atoms with van der Waals surface area (Å²) < 4.78 is 28.7. The molecule has 0 saturated carbocycles. The van der Waals surface area contributed by atoms with E-state index in [1.807, 2.05) is 0 Å². The fourth-order valence-electron chi connectivity index (χ4n) is 3.78. The minimum absolute atomic E-state index is 0.0515. The Morgan fingerprint density at radius 2 is 2.03 bits per heavy atom. The number of pyridine rings is 1. The topological polar surface area (TPSA) is 89.4 Å². The fourth-order valence-corrected chi connectivity index (χ4v) is 3.78. The third kappa shape index (κ3) is 2.85. The number of nitrogens with zero attached hydrogens (tertiary/aromatic N) is 5. The van der Waals surface area contributed by atoms with Crippen LogP contribution in [-0.2, 0) is 16.9 Å². The van der Waals surface area contributed by atoms with E-state index in [9.17, 15) is 13.6 Å². The summed E-state index contributed by atoms with van der Waals surface area (Å²) in [4.78, 5) is 22.9. The molecule has 0 bridgehead atoms. The molecule has 9 heteroatoms. The molecule has 2 N–H and O–H groups in total. The van der Waals surface area contributed by atoms with Gasteiger partial charge in [0, 0.05) is 30.1 Å². The molecule has 0 fully saturated rings. The van der Waals surface area contributed by atoms with Gasteiger partial charge in [0.25, 0.3) is 5.91 Å². The summed E-state index contributed by atoms with van der Waals surface area (Å²) in [5.41, 5.74) is 6.96. The van der Waals surface area contributed by atoms with Crippen molar-refractivity contribution in [2.75, 3.05) is 13.7 Å². The molecule has 7 nitrogen and oxygen atoms in total. The maximum Gasteiger partial charge on any atom is 0.266 e. The number of hydrogen-bond donors (Lipinski definition) is 1. The van der Waals surface area contributed by atoms with E-state index in [1.165, 1.54) is 29.0 Å². The van der Waals surface area contributed by atoms with Gasteiger partial charge in [-0.3, -0.25) is 14.4 Å². The molecular weight excluding hydrogens is 390 g/mol. The Morgan fingerprint density at radius 3 is 2.70 bits per heavy atom. The van der Waals surface area contributed by atoms with Crippen LogP contribution in [0.25, 0.3) is 11.1 Å². The second-order valence-corrected chi connectivity index (χ2v) is 7.02. The highest BCUT2D eigenvalue weighted by molar-refractivity contribution is 6.09. The van der Waals surface area contributed by atoms with Gasteiger partial charge in [0.2, 0.25) is 5.95 Å². The molecule has 1 unspecified atom stereocenters. The number of hydrogen-bond acceptors (Lipinski definition) is 5. The molecule has 0 saturated heterocycles. The van der Waals surface area contributed by atoms with Crippen LogP contribution in [0.2, 0.25) is 0 Å². The number of carbonyl (C=O) groups excluding carboxylic acids is 1. The molecule has 3 heterocycles. The predicted molar refractivity (Wildman–Crippen MR) is 108 cm³/mol. The van der Waals surface area contributed by atoms with Crippen molar-refractivity contribution in [1.29, 1.82) is 0 Å². The summed E-state index contributed by atoms with van der Waals surface area (Å²) in [7, 11) is 1.54.